The zero-order chi connectivity index (χ0) is 40.9. The number of hydrogen-bond donors (Lipinski definition) is 5. The van der Waals surface area contributed by atoms with E-state index >= 15 is 0 Å². The van der Waals surface area contributed by atoms with Gasteiger partial charge in [0, 0.05) is 44.0 Å². The van der Waals surface area contributed by atoms with E-state index in [2.05, 4.69) is 33.7 Å². The predicted octanol–water partition coefficient (Wildman–Crippen LogP) is 8.23. The first-order valence-corrected chi connectivity index (χ1v) is 20.2. The highest BCUT2D eigenvalue weighted by atomic mass is 16.7. The van der Waals surface area contributed by atoms with Crippen LogP contribution in [-0.2, 0) is 32.2 Å². The first-order valence-electron chi connectivity index (χ1n) is 20.2. The number of aliphatic hydroxyl groups is 2. The number of unbranched alkanes of at least 4 members (excludes halogenated alkanes) is 2. The lowest BCUT2D eigenvalue weighted by Gasteiger charge is -2.39. The number of hydrogen-bond acceptors (Lipinski definition) is 8. The molecule has 304 valence electrons. The molecule has 1 aliphatic rings. The Morgan fingerprint density at radius 3 is 2.17 bits per heavy atom. The first-order chi connectivity index (χ1) is 28.2. The van der Waals surface area contributed by atoms with Crippen molar-refractivity contribution >= 4 is 23.2 Å². The van der Waals surface area contributed by atoms with Crippen LogP contribution in [-0.4, -0.2) is 52.7 Å². The van der Waals surface area contributed by atoms with Crippen molar-refractivity contribution in [2.24, 2.45) is 0 Å². The summed E-state index contributed by atoms with van der Waals surface area (Å²) in [5.74, 6) is -0.110. The number of amides is 2. The summed E-state index contributed by atoms with van der Waals surface area (Å²) in [6.45, 7) is 2.99. The number of para-hydroxylation sites is 2. The number of carbonyl (C=O) groups is 2. The minimum atomic E-state index is -0.648. The molecule has 0 spiro atoms. The molecule has 5 atom stereocenters. The minimum Gasteiger partial charge on any atom is -0.397 e. The van der Waals surface area contributed by atoms with Crippen LogP contribution in [0.25, 0.3) is 11.1 Å². The van der Waals surface area contributed by atoms with Crippen molar-refractivity contribution in [3.8, 4) is 11.1 Å². The Kier molecular flexibility index (Phi) is 15.2. The summed E-state index contributed by atoms with van der Waals surface area (Å²) in [5.41, 5.74) is 13.7. The van der Waals surface area contributed by atoms with E-state index in [0.717, 1.165) is 45.4 Å². The monoisotopic (exact) mass is 784 g/mol. The highest BCUT2D eigenvalue weighted by Crippen LogP contribution is 2.39. The molecule has 6 N–H and O–H groups in total. The molecule has 0 aromatic heterocycles. The highest BCUT2D eigenvalue weighted by molar-refractivity contribution is 5.93. The molecule has 58 heavy (non-hydrogen) atoms. The molecule has 1 fully saturated rings. The van der Waals surface area contributed by atoms with Gasteiger partial charge >= 0.3 is 0 Å². The third-order valence-electron chi connectivity index (χ3n) is 10.9. The lowest BCUT2D eigenvalue weighted by molar-refractivity contribution is -0.253. The van der Waals surface area contributed by atoms with Crippen molar-refractivity contribution < 1.29 is 29.3 Å². The number of benzene rings is 5. The molecular weight excluding hydrogens is 729 g/mol. The van der Waals surface area contributed by atoms with E-state index in [4.69, 9.17) is 15.2 Å². The van der Waals surface area contributed by atoms with E-state index in [9.17, 15) is 19.8 Å². The Morgan fingerprint density at radius 1 is 0.793 bits per heavy atom. The average molecular weight is 785 g/mol. The van der Waals surface area contributed by atoms with Crippen molar-refractivity contribution in [2.45, 2.75) is 89.2 Å². The fraction of sp³-hybridized carbons (Fsp3) is 0.333. The quantitative estimate of drug-likeness (QED) is 0.0442. The Balaban J connectivity index is 1.05. The van der Waals surface area contributed by atoms with Crippen LogP contribution in [0.1, 0.15) is 91.8 Å². The molecule has 1 saturated heterocycles. The molecule has 1 aliphatic heterocycles. The van der Waals surface area contributed by atoms with Crippen molar-refractivity contribution in [3.05, 3.63) is 155 Å². The van der Waals surface area contributed by atoms with Gasteiger partial charge in [0.2, 0.25) is 11.8 Å². The molecule has 0 bridgehead atoms. The molecule has 0 saturated carbocycles. The van der Waals surface area contributed by atoms with Gasteiger partial charge in [0.25, 0.3) is 0 Å². The average Bonchev–Trinajstić information content (AvgIpc) is 3.26. The van der Waals surface area contributed by atoms with Crippen LogP contribution in [0.2, 0.25) is 0 Å². The van der Waals surface area contributed by atoms with E-state index in [0.29, 0.717) is 56.6 Å². The Labute approximate surface area is 342 Å². The van der Waals surface area contributed by atoms with Gasteiger partial charge < -0.3 is 36.1 Å². The third kappa shape index (κ3) is 11.6. The molecule has 5 aromatic rings. The largest absolute Gasteiger partial charge is 0.397 e. The first kappa shape index (κ1) is 42.3. The van der Waals surface area contributed by atoms with E-state index in [1.807, 2.05) is 111 Å². The van der Waals surface area contributed by atoms with Gasteiger partial charge in [-0.2, -0.15) is 0 Å². The lowest BCUT2D eigenvalue weighted by atomic mass is 9.97. The van der Waals surface area contributed by atoms with Crippen molar-refractivity contribution in [1.29, 1.82) is 0 Å². The number of carbonyl (C=O) groups excluding carboxylic acids is 2. The molecule has 5 aromatic carbocycles. The molecule has 0 unspecified atom stereocenters. The van der Waals surface area contributed by atoms with Crippen LogP contribution in [0, 0.1) is 0 Å². The van der Waals surface area contributed by atoms with Gasteiger partial charge in [0.1, 0.15) is 0 Å². The maximum absolute atomic E-state index is 12.8. The standard InChI is InChI=1S/C48H56N4O6/c1-33(47(56)37-13-5-3-6-14-37)52(2)31-40-29-44(36-23-21-34(32-53)22-24-36)58-48(57-40)38-27-25-35(26-28-38)41-16-10-9-15-39(41)30-50-45(54)19-7-4-8-20-46(55)51-43-18-12-11-17-42(43)49/h3,5-6,9-18,21-28,33,40,44,47-48,53,56H,4,7-8,19-20,29-32,49H2,1-2H3,(H,50,54)(H,51,55)/t33-,40-,44+,47-,48+/m1/s1. The van der Waals surface area contributed by atoms with Gasteiger partial charge in [-0.15, -0.1) is 0 Å². The van der Waals surface area contributed by atoms with Gasteiger partial charge in [-0.05, 0) is 72.3 Å². The number of rotatable bonds is 18. The maximum atomic E-state index is 12.8. The van der Waals surface area contributed by atoms with Crippen LogP contribution < -0.4 is 16.4 Å². The van der Waals surface area contributed by atoms with E-state index < -0.39 is 12.4 Å². The molecule has 6 rings (SSSR count). The molecule has 10 heteroatoms. The second-order valence-electron chi connectivity index (χ2n) is 15.1. The Morgan fingerprint density at radius 2 is 1.45 bits per heavy atom. The van der Waals surface area contributed by atoms with Gasteiger partial charge in [0.05, 0.1) is 36.3 Å². The fourth-order valence-electron chi connectivity index (χ4n) is 7.32. The predicted molar refractivity (Wildman–Crippen MR) is 228 cm³/mol. The summed E-state index contributed by atoms with van der Waals surface area (Å²) in [7, 11) is 2.01. The molecule has 1 heterocycles. The fourth-order valence-corrected chi connectivity index (χ4v) is 7.32. The number of nitrogens with zero attached hydrogens (tertiary/aromatic N) is 1. The summed E-state index contributed by atoms with van der Waals surface area (Å²) < 4.78 is 13.3. The van der Waals surface area contributed by atoms with Gasteiger partial charge in [-0.3, -0.25) is 14.5 Å². The van der Waals surface area contributed by atoms with Crippen LogP contribution >= 0.6 is 0 Å². The van der Waals surface area contributed by atoms with Gasteiger partial charge in [-0.25, -0.2) is 0 Å². The molecule has 10 nitrogen and oxygen atoms in total. The van der Waals surface area contributed by atoms with Crippen molar-refractivity contribution in [2.75, 3.05) is 24.6 Å². The zero-order valence-electron chi connectivity index (χ0n) is 33.4. The lowest BCUT2D eigenvalue weighted by Crippen LogP contribution is -2.43. The summed E-state index contributed by atoms with van der Waals surface area (Å²) in [6, 6.07) is 40.8. The zero-order valence-corrected chi connectivity index (χ0v) is 33.4. The van der Waals surface area contributed by atoms with Crippen LogP contribution in [0.4, 0.5) is 11.4 Å². The number of nitrogens with one attached hydrogen (secondary N) is 2. The van der Waals surface area contributed by atoms with E-state index in [-0.39, 0.29) is 36.7 Å². The van der Waals surface area contributed by atoms with Crippen LogP contribution in [0.15, 0.2) is 127 Å². The summed E-state index contributed by atoms with van der Waals surface area (Å²) in [4.78, 5) is 27.2. The number of aliphatic hydroxyl groups excluding tert-OH is 2. The van der Waals surface area contributed by atoms with Gasteiger partial charge in [-0.1, -0.05) is 122 Å². The molecular formula is C48H56N4O6. The van der Waals surface area contributed by atoms with Crippen molar-refractivity contribution in [3.63, 3.8) is 0 Å². The minimum absolute atomic E-state index is 0.0238. The number of nitrogens with two attached hydrogens (primary N) is 1. The maximum Gasteiger partial charge on any atom is 0.224 e. The number of likely N-dealkylation sites (N-methyl/N-ethyl adjacent to an activating group) is 1. The topological polar surface area (TPSA) is 146 Å². The summed E-state index contributed by atoms with van der Waals surface area (Å²) >= 11 is 0. The number of anilines is 2. The summed E-state index contributed by atoms with van der Waals surface area (Å²) in [6.07, 6.45) is 1.87. The molecule has 0 aliphatic carbocycles. The third-order valence-corrected chi connectivity index (χ3v) is 10.9. The number of ether oxygens (including phenoxy) is 2. The van der Waals surface area contributed by atoms with E-state index in [1.165, 1.54) is 0 Å². The Hall–Kier alpha value is -5.36. The second kappa shape index (κ2) is 20.9. The van der Waals surface area contributed by atoms with E-state index in [1.54, 1.807) is 12.1 Å². The normalized spacial score (nSPS) is 17.7. The van der Waals surface area contributed by atoms with Crippen LogP contribution in [0.3, 0.4) is 0 Å². The molecule has 2 amide bonds. The van der Waals surface area contributed by atoms with Crippen LogP contribution in [0.5, 0.6) is 0 Å². The second-order valence-corrected chi connectivity index (χ2v) is 15.1. The Bertz CT molecular complexity index is 2060. The SMILES string of the molecule is C[C@H]([C@@H](O)c1ccccc1)N(C)C[C@H]1C[C@@H](c2ccc(CO)cc2)O[C@@H](c2ccc(-c3ccccc3CNC(=O)CCCCCC(=O)Nc3ccccc3N)cc2)O1. The van der Waals surface area contributed by atoms with Gasteiger partial charge in [0.15, 0.2) is 6.29 Å². The molecule has 0 radical (unpaired) electrons. The van der Waals surface area contributed by atoms with Crippen molar-refractivity contribution in [1.82, 2.24) is 10.2 Å². The smallest absolute Gasteiger partial charge is 0.224 e. The summed E-state index contributed by atoms with van der Waals surface area (Å²) in [5, 5.41) is 26.7. The number of nitrogen functional groups attached to an aromatic ring is 1. The highest BCUT2D eigenvalue weighted by Gasteiger charge is 2.34.